The van der Waals surface area contributed by atoms with Crippen LogP contribution in [0.2, 0.25) is 0 Å². The van der Waals surface area contributed by atoms with Crippen LogP contribution < -0.4 is 33.9 Å². The maximum Gasteiger partial charge on any atom is 0.214 e. The Kier molecular flexibility index (Phi) is 4.95. The number of aliphatic hydroxyl groups is 1. The van der Waals surface area contributed by atoms with Gasteiger partial charge < -0.3 is 34.4 Å². The van der Waals surface area contributed by atoms with Gasteiger partial charge in [0, 0.05) is 29.8 Å². The van der Waals surface area contributed by atoms with Crippen LogP contribution in [-0.4, -0.2) is 18.3 Å². The summed E-state index contributed by atoms with van der Waals surface area (Å²) in [5.41, 5.74) is 2.22. The molecule has 0 aliphatic carbocycles. The molecular formula is C12H15IN2O. The molecule has 16 heavy (non-hydrogen) atoms. The van der Waals surface area contributed by atoms with Gasteiger partial charge in [0.15, 0.2) is 6.20 Å². The van der Waals surface area contributed by atoms with Crippen LogP contribution in [0, 0.1) is 0 Å². The fourth-order valence-corrected chi connectivity index (χ4v) is 1.66. The Hall–Kier alpha value is -0.880. The molecule has 0 atom stereocenters. The van der Waals surface area contributed by atoms with E-state index >= 15 is 0 Å². The average Bonchev–Trinajstić information content (AvgIpc) is 2.27. The largest absolute Gasteiger partial charge is 1.00 e. The highest BCUT2D eigenvalue weighted by atomic mass is 127. The lowest BCUT2D eigenvalue weighted by atomic mass is 10.2. The molecule has 0 aliphatic heterocycles. The summed E-state index contributed by atoms with van der Waals surface area (Å²) in [7, 11) is 2.03. The number of fused-ring (bicyclic) bond motifs is 1. The Morgan fingerprint density at radius 3 is 2.88 bits per heavy atom. The number of aromatic nitrogens is 1. The molecule has 0 saturated heterocycles. The summed E-state index contributed by atoms with van der Waals surface area (Å²) in [6.45, 7) is 0.737. The maximum atomic E-state index is 8.73. The lowest BCUT2D eigenvalue weighted by Crippen LogP contribution is -3.00. The second-order valence-electron chi connectivity index (χ2n) is 3.54. The standard InChI is InChI=1S/C12H14N2O.HI/c1-14-7-2-3-10-4-5-11(9-12(10)14)13-6-8-15;/h2-5,7,9,15H,6,8H2,1H3;1H. The van der Waals surface area contributed by atoms with E-state index in [-0.39, 0.29) is 30.6 Å². The molecule has 0 aliphatic rings. The van der Waals surface area contributed by atoms with Crippen LogP contribution >= 0.6 is 0 Å². The van der Waals surface area contributed by atoms with E-state index < -0.39 is 0 Å². The van der Waals surface area contributed by atoms with E-state index in [2.05, 4.69) is 28.1 Å². The summed E-state index contributed by atoms with van der Waals surface area (Å²) in [6.07, 6.45) is 2.03. The van der Waals surface area contributed by atoms with Gasteiger partial charge >= 0.3 is 0 Å². The highest BCUT2D eigenvalue weighted by Crippen LogP contribution is 2.15. The summed E-state index contributed by atoms with van der Waals surface area (Å²) in [4.78, 5) is 0. The normalized spacial score (nSPS) is 9.88. The quantitative estimate of drug-likeness (QED) is 0.508. The Balaban J connectivity index is 0.00000128. The van der Waals surface area contributed by atoms with E-state index in [4.69, 9.17) is 5.11 Å². The van der Waals surface area contributed by atoms with Crippen LogP contribution in [0.5, 0.6) is 0 Å². The summed E-state index contributed by atoms with van der Waals surface area (Å²) in [5.74, 6) is 0. The van der Waals surface area contributed by atoms with Crippen molar-refractivity contribution in [1.29, 1.82) is 0 Å². The van der Waals surface area contributed by atoms with Crippen molar-refractivity contribution in [3.63, 3.8) is 0 Å². The highest BCUT2D eigenvalue weighted by molar-refractivity contribution is 5.79. The monoisotopic (exact) mass is 330 g/mol. The van der Waals surface area contributed by atoms with E-state index in [1.807, 2.05) is 25.4 Å². The first-order valence-electron chi connectivity index (χ1n) is 5.04. The van der Waals surface area contributed by atoms with Crippen molar-refractivity contribution in [3.8, 4) is 0 Å². The van der Waals surface area contributed by atoms with Crippen molar-refractivity contribution in [2.45, 2.75) is 0 Å². The third kappa shape index (κ3) is 2.82. The fourth-order valence-electron chi connectivity index (χ4n) is 1.66. The van der Waals surface area contributed by atoms with Gasteiger partial charge in [0.2, 0.25) is 5.52 Å². The van der Waals surface area contributed by atoms with Gasteiger partial charge in [0.25, 0.3) is 0 Å². The molecule has 1 aromatic heterocycles. The molecular weight excluding hydrogens is 315 g/mol. The zero-order valence-electron chi connectivity index (χ0n) is 9.15. The number of pyridine rings is 1. The van der Waals surface area contributed by atoms with Crippen molar-refractivity contribution < 1.29 is 33.7 Å². The molecule has 2 rings (SSSR count). The van der Waals surface area contributed by atoms with E-state index in [0.717, 1.165) is 5.69 Å². The van der Waals surface area contributed by atoms with E-state index in [1.54, 1.807) is 0 Å². The van der Waals surface area contributed by atoms with E-state index in [0.29, 0.717) is 6.54 Å². The van der Waals surface area contributed by atoms with Gasteiger partial charge in [0.1, 0.15) is 7.05 Å². The van der Waals surface area contributed by atoms with Crippen LogP contribution in [0.15, 0.2) is 36.5 Å². The molecule has 1 aromatic carbocycles. The molecule has 2 aromatic rings. The number of nitrogens with one attached hydrogen (secondary N) is 1. The summed E-state index contributed by atoms with van der Waals surface area (Å²) < 4.78 is 2.08. The molecule has 0 saturated carbocycles. The number of rotatable bonds is 3. The molecule has 3 nitrogen and oxygen atoms in total. The molecule has 1 heterocycles. The molecule has 0 fully saturated rings. The minimum atomic E-state index is 0. The lowest BCUT2D eigenvalue weighted by Gasteiger charge is -2.04. The second-order valence-corrected chi connectivity index (χ2v) is 3.54. The van der Waals surface area contributed by atoms with Crippen molar-refractivity contribution in [3.05, 3.63) is 36.5 Å². The first kappa shape index (κ1) is 13.2. The third-order valence-corrected chi connectivity index (χ3v) is 2.44. The van der Waals surface area contributed by atoms with Crippen LogP contribution in [0.25, 0.3) is 10.9 Å². The minimum absolute atomic E-state index is 0. The molecule has 0 unspecified atom stereocenters. The molecule has 0 radical (unpaired) electrons. The number of nitrogens with zero attached hydrogens (tertiary/aromatic N) is 1. The first-order chi connectivity index (χ1) is 7.31. The van der Waals surface area contributed by atoms with Gasteiger partial charge in [-0.2, -0.15) is 0 Å². The molecule has 0 amide bonds. The van der Waals surface area contributed by atoms with Gasteiger partial charge in [-0.25, -0.2) is 4.57 Å². The summed E-state index contributed by atoms with van der Waals surface area (Å²) in [5, 5.41) is 13.1. The van der Waals surface area contributed by atoms with E-state index in [1.165, 1.54) is 10.9 Å². The number of hydrogen-bond acceptors (Lipinski definition) is 2. The predicted molar refractivity (Wildman–Crippen MR) is 60.7 cm³/mol. The fraction of sp³-hybridized carbons (Fsp3) is 0.250. The third-order valence-electron chi connectivity index (χ3n) is 2.44. The van der Waals surface area contributed by atoms with Gasteiger partial charge in [-0.05, 0) is 18.2 Å². The Labute approximate surface area is 112 Å². The average molecular weight is 330 g/mol. The number of hydrogen-bond donors (Lipinski definition) is 2. The number of aliphatic hydroxyl groups excluding tert-OH is 1. The number of halogens is 1. The summed E-state index contributed by atoms with van der Waals surface area (Å²) in [6, 6.07) is 10.3. The van der Waals surface area contributed by atoms with Crippen LogP contribution in [0.1, 0.15) is 0 Å². The Morgan fingerprint density at radius 2 is 2.12 bits per heavy atom. The predicted octanol–water partition coefficient (Wildman–Crippen LogP) is -1.93. The van der Waals surface area contributed by atoms with Crippen molar-refractivity contribution >= 4 is 16.6 Å². The highest BCUT2D eigenvalue weighted by Gasteiger charge is 2.04. The second kappa shape index (κ2) is 6.00. The van der Waals surface area contributed by atoms with Crippen molar-refractivity contribution in [1.82, 2.24) is 0 Å². The topological polar surface area (TPSA) is 36.1 Å². The zero-order chi connectivity index (χ0) is 10.7. The van der Waals surface area contributed by atoms with Crippen LogP contribution in [0.3, 0.4) is 0 Å². The Bertz CT molecular complexity index is 474. The number of benzene rings is 1. The maximum absolute atomic E-state index is 8.73. The smallest absolute Gasteiger partial charge is 0.214 e. The van der Waals surface area contributed by atoms with Crippen molar-refractivity contribution in [2.75, 3.05) is 18.5 Å². The minimum Gasteiger partial charge on any atom is -1.00 e. The Morgan fingerprint density at radius 1 is 1.31 bits per heavy atom. The summed E-state index contributed by atoms with van der Waals surface area (Å²) >= 11 is 0. The SMILES string of the molecule is C[n+]1cccc2ccc(NCCO)cc21.[I-]. The molecule has 0 spiro atoms. The first-order valence-corrected chi connectivity index (χ1v) is 5.04. The van der Waals surface area contributed by atoms with Crippen LogP contribution in [-0.2, 0) is 7.05 Å². The molecule has 2 N–H and O–H groups in total. The molecule has 86 valence electrons. The lowest BCUT2D eigenvalue weighted by molar-refractivity contribution is -0.644. The number of anilines is 1. The number of aryl methyl sites for hydroxylation is 1. The molecule has 4 heteroatoms. The van der Waals surface area contributed by atoms with Gasteiger partial charge in [0.05, 0.1) is 6.61 Å². The van der Waals surface area contributed by atoms with Crippen molar-refractivity contribution in [2.24, 2.45) is 7.05 Å². The van der Waals surface area contributed by atoms with Crippen LogP contribution in [0.4, 0.5) is 5.69 Å². The molecule has 0 bridgehead atoms. The van der Waals surface area contributed by atoms with Gasteiger partial charge in [-0.3, -0.25) is 0 Å². The zero-order valence-corrected chi connectivity index (χ0v) is 11.3. The van der Waals surface area contributed by atoms with Gasteiger partial charge in [-0.1, -0.05) is 0 Å². The van der Waals surface area contributed by atoms with Gasteiger partial charge in [-0.15, -0.1) is 0 Å². The van der Waals surface area contributed by atoms with E-state index in [9.17, 15) is 0 Å².